The number of hydrogen-bond acceptors (Lipinski definition) is 7. The molecule has 0 amide bonds. The Bertz CT molecular complexity index is 1970. The molecule has 1 atom stereocenters. The van der Waals surface area contributed by atoms with Gasteiger partial charge in [-0.15, -0.1) is 0 Å². The highest BCUT2D eigenvalue weighted by atomic mass is 79.9. The van der Waals surface area contributed by atoms with Crippen LogP contribution in [0.2, 0.25) is 15.1 Å². The lowest BCUT2D eigenvalue weighted by Crippen LogP contribution is -2.40. The van der Waals surface area contributed by atoms with Crippen molar-refractivity contribution in [2.75, 3.05) is 13.2 Å². The van der Waals surface area contributed by atoms with Crippen molar-refractivity contribution >= 4 is 74.1 Å². The molecule has 0 aliphatic carbocycles. The number of thiazole rings is 1. The smallest absolute Gasteiger partial charge is 0.338 e. The molecule has 7 nitrogen and oxygen atoms in total. The summed E-state index contributed by atoms with van der Waals surface area (Å²) in [4.78, 5) is 32.2. The van der Waals surface area contributed by atoms with Crippen LogP contribution >= 0.6 is 62.1 Å². The molecule has 0 radical (unpaired) electrons. The van der Waals surface area contributed by atoms with E-state index in [1.807, 2.05) is 19.1 Å². The third kappa shape index (κ3) is 6.62. The average molecular weight is 737 g/mol. The molecular weight excluding hydrogens is 711 g/mol. The largest absolute Gasteiger partial charge is 0.490 e. The van der Waals surface area contributed by atoms with Crippen molar-refractivity contribution < 1.29 is 19.0 Å². The summed E-state index contributed by atoms with van der Waals surface area (Å²) in [6.07, 6.45) is 1.75. The van der Waals surface area contributed by atoms with E-state index in [4.69, 9.17) is 49.0 Å². The molecule has 5 rings (SSSR count). The van der Waals surface area contributed by atoms with Crippen LogP contribution in [-0.4, -0.2) is 23.8 Å². The quantitative estimate of drug-likeness (QED) is 0.167. The normalized spacial score (nSPS) is 14.7. The second-order valence-corrected chi connectivity index (χ2v) is 12.7. The number of fused-ring (bicyclic) bond motifs is 1. The molecular formula is C32H26BrCl3N2O5S. The van der Waals surface area contributed by atoms with Gasteiger partial charge in [-0.1, -0.05) is 70.4 Å². The third-order valence-electron chi connectivity index (χ3n) is 6.73. The van der Waals surface area contributed by atoms with Gasteiger partial charge in [0.05, 0.1) is 33.5 Å². The molecule has 228 valence electrons. The number of allylic oxidation sites excluding steroid dienone is 1. The lowest BCUT2D eigenvalue weighted by Gasteiger charge is -2.25. The van der Waals surface area contributed by atoms with E-state index in [9.17, 15) is 9.59 Å². The fraction of sp³-hybridized carbons (Fsp3) is 0.219. The number of rotatable bonds is 9. The van der Waals surface area contributed by atoms with Crippen LogP contribution in [0, 0.1) is 0 Å². The number of aromatic nitrogens is 1. The van der Waals surface area contributed by atoms with Crippen LogP contribution in [0.3, 0.4) is 0 Å². The zero-order valence-corrected chi connectivity index (χ0v) is 28.5. The number of carbonyl (C=O) groups excluding carboxylic acids is 1. The molecule has 12 heteroatoms. The second kappa shape index (κ2) is 13.9. The average Bonchev–Trinajstić information content (AvgIpc) is 3.27. The Labute approximate surface area is 281 Å². The highest BCUT2D eigenvalue weighted by Crippen LogP contribution is 2.38. The van der Waals surface area contributed by atoms with E-state index in [0.29, 0.717) is 63.8 Å². The van der Waals surface area contributed by atoms with Crippen molar-refractivity contribution in [2.45, 2.75) is 33.4 Å². The number of esters is 1. The predicted molar refractivity (Wildman–Crippen MR) is 178 cm³/mol. The molecule has 0 saturated carbocycles. The van der Waals surface area contributed by atoms with Crippen LogP contribution in [0.15, 0.2) is 80.1 Å². The van der Waals surface area contributed by atoms with Crippen molar-refractivity contribution in [1.29, 1.82) is 0 Å². The van der Waals surface area contributed by atoms with E-state index < -0.39 is 12.0 Å². The fourth-order valence-corrected chi connectivity index (χ4v) is 7.12. The van der Waals surface area contributed by atoms with Gasteiger partial charge in [-0.05, 0) is 84.2 Å². The minimum absolute atomic E-state index is 0.179. The van der Waals surface area contributed by atoms with Crippen molar-refractivity contribution in [3.63, 3.8) is 0 Å². The number of halogens is 4. The van der Waals surface area contributed by atoms with Crippen LogP contribution in [0.4, 0.5) is 0 Å². The molecule has 44 heavy (non-hydrogen) atoms. The van der Waals surface area contributed by atoms with E-state index in [-0.39, 0.29) is 24.3 Å². The summed E-state index contributed by atoms with van der Waals surface area (Å²) in [6.45, 7) is 6.09. The second-order valence-electron chi connectivity index (χ2n) is 9.61. The lowest BCUT2D eigenvalue weighted by molar-refractivity contribution is -0.139. The van der Waals surface area contributed by atoms with Gasteiger partial charge in [-0.25, -0.2) is 9.79 Å². The summed E-state index contributed by atoms with van der Waals surface area (Å²) in [7, 11) is 0. The van der Waals surface area contributed by atoms with Crippen LogP contribution in [0.1, 0.15) is 43.5 Å². The predicted octanol–water partition coefficient (Wildman–Crippen LogP) is 7.50. The number of ether oxygens (including phenoxy) is 3. The van der Waals surface area contributed by atoms with Gasteiger partial charge in [-0.3, -0.25) is 9.36 Å². The summed E-state index contributed by atoms with van der Waals surface area (Å²) in [6, 6.07) is 15.2. The third-order valence-corrected chi connectivity index (χ3v) is 9.24. The maximum atomic E-state index is 14.0. The molecule has 1 aliphatic rings. The zero-order chi connectivity index (χ0) is 31.5. The summed E-state index contributed by atoms with van der Waals surface area (Å²) in [5.74, 6) is 0.430. The van der Waals surface area contributed by atoms with Crippen LogP contribution in [0.25, 0.3) is 6.08 Å². The Hall–Kier alpha value is -3.08. The molecule has 0 unspecified atom stereocenters. The monoisotopic (exact) mass is 734 g/mol. The first-order valence-electron chi connectivity index (χ1n) is 13.6. The number of nitrogens with zero attached hydrogens (tertiary/aromatic N) is 2. The Balaban J connectivity index is 1.59. The van der Waals surface area contributed by atoms with Gasteiger partial charge in [0.1, 0.15) is 12.6 Å². The zero-order valence-electron chi connectivity index (χ0n) is 23.8. The first kappa shape index (κ1) is 32.3. The van der Waals surface area contributed by atoms with Crippen molar-refractivity contribution in [3.05, 3.63) is 122 Å². The van der Waals surface area contributed by atoms with E-state index in [1.54, 1.807) is 62.4 Å². The minimum atomic E-state index is -0.803. The molecule has 0 saturated heterocycles. The summed E-state index contributed by atoms with van der Waals surface area (Å²) in [5.41, 5.74) is 2.47. The Morgan fingerprint density at radius 3 is 2.52 bits per heavy atom. The molecule has 3 aromatic carbocycles. The molecule has 2 heterocycles. The maximum absolute atomic E-state index is 14.0. The highest BCUT2D eigenvalue weighted by Gasteiger charge is 2.34. The molecule has 0 fully saturated rings. The molecule has 1 aliphatic heterocycles. The maximum Gasteiger partial charge on any atom is 0.338 e. The number of hydrogen-bond donors (Lipinski definition) is 0. The molecule has 0 spiro atoms. The Morgan fingerprint density at radius 2 is 1.82 bits per heavy atom. The van der Waals surface area contributed by atoms with Gasteiger partial charge in [0.25, 0.3) is 5.56 Å². The van der Waals surface area contributed by atoms with Crippen LogP contribution in [0.5, 0.6) is 11.5 Å². The van der Waals surface area contributed by atoms with Crippen molar-refractivity contribution in [3.8, 4) is 11.5 Å². The summed E-state index contributed by atoms with van der Waals surface area (Å²) >= 11 is 23.8. The fourth-order valence-electron chi connectivity index (χ4n) is 4.80. The first-order chi connectivity index (χ1) is 21.1. The Morgan fingerprint density at radius 1 is 1.05 bits per heavy atom. The van der Waals surface area contributed by atoms with E-state index in [2.05, 4.69) is 20.9 Å². The van der Waals surface area contributed by atoms with E-state index >= 15 is 0 Å². The van der Waals surface area contributed by atoms with Gasteiger partial charge in [0, 0.05) is 20.6 Å². The summed E-state index contributed by atoms with van der Waals surface area (Å²) in [5, 5.41) is 1.45. The van der Waals surface area contributed by atoms with Gasteiger partial charge >= 0.3 is 5.97 Å². The first-order valence-corrected chi connectivity index (χ1v) is 16.3. The van der Waals surface area contributed by atoms with Crippen molar-refractivity contribution in [2.24, 2.45) is 4.99 Å². The summed E-state index contributed by atoms with van der Waals surface area (Å²) < 4.78 is 19.9. The standard InChI is InChI=1S/C32H26BrCl3N2O5S/c1-4-41-25-13-18(12-22(33)29(25)43-16-19-10-11-20(34)15-24(19)36)14-26-30(39)38-28(21-8-6-7-9-23(21)35)27(31(40)42-5-2)17(3)37-32(38)44-26/h6-15,28H,4-5,16H2,1-3H3/b26-14-/t28-/m1/s1. The number of benzene rings is 3. The Kier molecular flexibility index (Phi) is 10.2. The van der Waals surface area contributed by atoms with Crippen LogP contribution < -0.4 is 24.4 Å². The lowest BCUT2D eigenvalue weighted by atomic mass is 9.96. The molecule has 0 N–H and O–H groups in total. The SMILES string of the molecule is CCOC(=O)C1=C(C)N=c2s/c(=C\c3cc(Br)c(OCc4ccc(Cl)cc4Cl)c(OCC)c3)c(=O)n2[C@@H]1c1ccccc1Cl. The molecule has 4 aromatic rings. The molecule has 0 bridgehead atoms. The van der Waals surface area contributed by atoms with Gasteiger partial charge in [0.2, 0.25) is 0 Å². The topological polar surface area (TPSA) is 79.1 Å². The minimum Gasteiger partial charge on any atom is -0.490 e. The van der Waals surface area contributed by atoms with Gasteiger partial charge in [-0.2, -0.15) is 0 Å². The van der Waals surface area contributed by atoms with Gasteiger partial charge in [0.15, 0.2) is 16.3 Å². The molecule has 1 aromatic heterocycles. The van der Waals surface area contributed by atoms with E-state index in [0.717, 1.165) is 5.56 Å². The van der Waals surface area contributed by atoms with Crippen molar-refractivity contribution in [1.82, 2.24) is 4.57 Å². The highest BCUT2D eigenvalue weighted by molar-refractivity contribution is 9.10. The van der Waals surface area contributed by atoms with Gasteiger partial charge < -0.3 is 14.2 Å². The van der Waals surface area contributed by atoms with E-state index in [1.165, 1.54) is 15.9 Å². The number of carbonyl (C=O) groups is 1. The van der Waals surface area contributed by atoms with Crippen LogP contribution in [-0.2, 0) is 16.1 Å².